The average molecular weight is 453 g/mol. The van der Waals surface area contributed by atoms with Gasteiger partial charge in [0.1, 0.15) is 5.69 Å². The van der Waals surface area contributed by atoms with E-state index in [0.717, 1.165) is 22.6 Å². The molecule has 0 spiro atoms. The van der Waals surface area contributed by atoms with Gasteiger partial charge >= 0.3 is 0 Å². The van der Waals surface area contributed by atoms with Gasteiger partial charge in [0.25, 0.3) is 5.82 Å². The van der Waals surface area contributed by atoms with Crippen molar-refractivity contribution in [1.82, 2.24) is 9.55 Å². The molecule has 2 aromatic heterocycles. The zero-order valence-corrected chi connectivity index (χ0v) is 19.9. The summed E-state index contributed by atoms with van der Waals surface area (Å²) in [6.07, 6.45) is 3.83. The monoisotopic (exact) mass is 452 g/mol. The minimum atomic E-state index is 1.11. The quantitative estimate of drug-likeness (QED) is 0.260. The fraction of sp³-hybridized carbons (Fsp3) is 0.0625. The second-order valence-corrected chi connectivity index (χ2v) is 8.86. The van der Waals surface area contributed by atoms with Crippen LogP contribution in [0.15, 0.2) is 122 Å². The zero-order chi connectivity index (χ0) is 23.8. The Hall–Kier alpha value is -4.50. The molecular formula is C32H26N3+. The maximum Gasteiger partial charge on any atom is 0.296 e. The highest BCUT2D eigenvalue weighted by atomic mass is 15.2. The third-order valence-corrected chi connectivity index (χ3v) is 6.72. The summed E-state index contributed by atoms with van der Waals surface area (Å²) in [7, 11) is 2.14. The Balaban J connectivity index is 1.71. The standard InChI is InChI=1S/C32H26N3/c1-23-19-20-33-22-28(23)32-34(2)30-15-9-10-16-31(30)35(32)29-18-17-26(24-11-5-3-6-12-24)21-27(29)25-13-7-4-8-14-25/h3-22H,1-2H3/q+1. The number of para-hydroxylation sites is 2. The first-order valence-corrected chi connectivity index (χ1v) is 11.9. The van der Waals surface area contributed by atoms with E-state index >= 15 is 0 Å². The molecular weight excluding hydrogens is 426 g/mol. The topological polar surface area (TPSA) is 21.7 Å². The van der Waals surface area contributed by atoms with Crippen molar-refractivity contribution < 1.29 is 4.57 Å². The molecule has 0 aliphatic carbocycles. The summed E-state index contributed by atoms with van der Waals surface area (Å²) < 4.78 is 4.66. The van der Waals surface area contributed by atoms with Gasteiger partial charge in [-0.3, -0.25) is 4.98 Å². The number of hydrogen-bond acceptors (Lipinski definition) is 1. The van der Waals surface area contributed by atoms with Crippen molar-refractivity contribution in [2.75, 3.05) is 0 Å². The SMILES string of the molecule is Cc1ccncc1-c1n(-c2ccc(-c3ccccc3)cc2-c2ccccc2)c2ccccc2[n+]1C. The molecule has 0 atom stereocenters. The van der Waals surface area contributed by atoms with Gasteiger partial charge in [0.05, 0.1) is 12.6 Å². The molecule has 4 aromatic carbocycles. The van der Waals surface area contributed by atoms with Gasteiger partial charge in [0.2, 0.25) is 0 Å². The summed E-state index contributed by atoms with van der Waals surface area (Å²) in [5.41, 5.74) is 10.6. The summed E-state index contributed by atoms with van der Waals surface area (Å²) in [6, 6.07) is 38.7. The van der Waals surface area contributed by atoms with Crippen LogP contribution in [0.3, 0.4) is 0 Å². The lowest BCUT2D eigenvalue weighted by Gasteiger charge is -2.13. The molecule has 6 aromatic rings. The van der Waals surface area contributed by atoms with E-state index in [0.29, 0.717) is 0 Å². The number of aromatic nitrogens is 3. The minimum Gasteiger partial charge on any atom is -0.264 e. The number of imidazole rings is 1. The summed E-state index contributed by atoms with van der Waals surface area (Å²) in [6.45, 7) is 2.15. The lowest BCUT2D eigenvalue weighted by atomic mass is 9.97. The van der Waals surface area contributed by atoms with Crippen LogP contribution >= 0.6 is 0 Å². The summed E-state index contributed by atoms with van der Waals surface area (Å²) in [4.78, 5) is 4.48. The normalized spacial score (nSPS) is 11.1. The molecule has 0 bridgehead atoms. The van der Waals surface area contributed by atoms with Gasteiger partial charge in [-0.2, -0.15) is 4.57 Å². The molecule has 0 saturated heterocycles. The molecule has 0 saturated carbocycles. The van der Waals surface area contributed by atoms with E-state index in [1.54, 1.807) is 0 Å². The van der Waals surface area contributed by atoms with E-state index in [2.05, 4.69) is 137 Å². The number of hydrogen-bond donors (Lipinski definition) is 0. The van der Waals surface area contributed by atoms with Gasteiger partial charge in [-0.05, 0) is 59.5 Å². The molecule has 3 heteroatoms. The van der Waals surface area contributed by atoms with Crippen molar-refractivity contribution in [2.24, 2.45) is 7.05 Å². The maximum absolute atomic E-state index is 4.48. The van der Waals surface area contributed by atoms with Crippen molar-refractivity contribution in [2.45, 2.75) is 6.92 Å². The Morgan fingerprint density at radius 3 is 2.09 bits per heavy atom. The van der Waals surface area contributed by atoms with Crippen LogP contribution < -0.4 is 4.57 Å². The van der Waals surface area contributed by atoms with E-state index in [-0.39, 0.29) is 0 Å². The Labute approximate surface area is 205 Å². The highest BCUT2D eigenvalue weighted by Gasteiger charge is 2.28. The first-order valence-electron chi connectivity index (χ1n) is 11.9. The smallest absolute Gasteiger partial charge is 0.264 e. The second-order valence-electron chi connectivity index (χ2n) is 8.86. The van der Waals surface area contributed by atoms with Crippen molar-refractivity contribution in [3.63, 3.8) is 0 Å². The zero-order valence-electron chi connectivity index (χ0n) is 19.9. The number of nitrogens with zero attached hydrogens (tertiary/aromatic N) is 3. The van der Waals surface area contributed by atoms with Crippen LogP contribution in [0.2, 0.25) is 0 Å². The molecule has 0 aliphatic rings. The number of pyridine rings is 1. The van der Waals surface area contributed by atoms with Crippen LogP contribution in [0.4, 0.5) is 0 Å². The molecule has 0 radical (unpaired) electrons. The van der Waals surface area contributed by atoms with Gasteiger partial charge < -0.3 is 0 Å². The summed E-state index contributed by atoms with van der Waals surface area (Å²) in [5.74, 6) is 1.11. The number of rotatable bonds is 4. The molecule has 0 N–H and O–H groups in total. The first kappa shape index (κ1) is 21.1. The van der Waals surface area contributed by atoms with Crippen LogP contribution in [0, 0.1) is 6.92 Å². The fourth-order valence-electron chi connectivity index (χ4n) is 4.95. The van der Waals surface area contributed by atoms with E-state index in [4.69, 9.17) is 0 Å². The summed E-state index contributed by atoms with van der Waals surface area (Å²) in [5, 5.41) is 0. The highest BCUT2D eigenvalue weighted by molar-refractivity contribution is 5.86. The Morgan fingerprint density at radius 1 is 0.657 bits per heavy atom. The lowest BCUT2D eigenvalue weighted by Crippen LogP contribution is -2.30. The van der Waals surface area contributed by atoms with Gasteiger partial charge in [0, 0.05) is 18.0 Å². The molecule has 6 rings (SSSR count). The van der Waals surface area contributed by atoms with E-state index in [1.165, 1.54) is 33.3 Å². The van der Waals surface area contributed by atoms with Gasteiger partial charge in [0.15, 0.2) is 11.0 Å². The second kappa shape index (κ2) is 8.69. The van der Waals surface area contributed by atoms with Crippen LogP contribution in [0.25, 0.3) is 50.4 Å². The number of aryl methyl sites for hydroxylation is 2. The van der Waals surface area contributed by atoms with E-state index in [1.807, 2.05) is 12.4 Å². The van der Waals surface area contributed by atoms with E-state index in [9.17, 15) is 0 Å². The molecule has 2 heterocycles. The summed E-state index contributed by atoms with van der Waals surface area (Å²) >= 11 is 0. The molecule has 3 nitrogen and oxygen atoms in total. The maximum atomic E-state index is 4.48. The lowest BCUT2D eigenvalue weighted by molar-refractivity contribution is -0.633. The minimum absolute atomic E-state index is 1.11. The van der Waals surface area contributed by atoms with Crippen molar-refractivity contribution >= 4 is 11.0 Å². The predicted molar refractivity (Wildman–Crippen MR) is 143 cm³/mol. The van der Waals surface area contributed by atoms with Crippen LogP contribution in [-0.4, -0.2) is 9.55 Å². The molecule has 0 unspecified atom stereocenters. The Morgan fingerprint density at radius 2 is 1.34 bits per heavy atom. The van der Waals surface area contributed by atoms with Gasteiger partial charge in [-0.25, -0.2) is 4.57 Å². The average Bonchev–Trinajstić information content (AvgIpc) is 3.21. The van der Waals surface area contributed by atoms with Crippen LogP contribution in [0.5, 0.6) is 0 Å². The van der Waals surface area contributed by atoms with Crippen molar-refractivity contribution in [3.8, 4) is 39.3 Å². The fourth-order valence-corrected chi connectivity index (χ4v) is 4.95. The van der Waals surface area contributed by atoms with E-state index < -0.39 is 0 Å². The van der Waals surface area contributed by atoms with Gasteiger partial charge in [-0.15, -0.1) is 0 Å². The van der Waals surface area contributed by atoms with Crippen LogP contribution in [0.1, 0.15) is 5.56 Å². The molecule has 168 valence electrons. The largest absolute Gasteiger partial charge is 0.296 e. The Bertz CT molecular complexity index is 1650. The molecule has 0 amide bonds. The predicted octanol–water partition coefficient (Wildman–Crippen LogP) is 7.16. The molecule has 0 aliphatic heterocycles. The highest BCUT2D eigenvalue weighted by Crippen LogP contribution is 2.36. The number of fused-ring (bicyclic) bond motifs is 1. The van der Waals surface area contributed by atoms with Crippen molar-refractivity contribution in [1.29, 1.82) is 0 Å². The number of benzene rings is 4. The third kappa shape index (κ3) is 3.62. The molecule has 35 heavy (non-hydrogen) atoms. The van der Waals surface area contributed by atoms with Crippen LogP contribution in [-0.2, 0) is 7.05 Å². The molecule has 0 fully saturated rings. The Kier molecular flexibility index (Phi) is 5.23. The van der Waals surface area contributed by atoms with Gasteiger partial charge in [-0.1, -0.05) is 78.9 Å². The van der Waals surface area contributed by atoms with Crippen molar-refractivity contribution in [3.05, 3.63) is 127 Å². The third-order valence-electron chi connectivity index (χ3n) is 6.72. The first-order chi connectivity index (χ1) is 17.2.